The highest BCUT2D eigenvalue weighted by Crippen LogP contribution is 2.40. The van der Waals surface area contributed by atoms with Crippen molar-refractivity contribution in [3.8, 4) is 10.8 Å². The van der Waals surface area contributed by atoms with E-state index in [1.54, 1.807) is 11.3 Å². The summed E-state index contributed by atoms with van der Waals surface area (Å²) in [7, 11) is 0. The summed E-state index contributed by atoms with van der Waals surface area (Å²) in [5.74, 6) is 0.938. The van der Waals surface area contributed by atoms with Crippen LogP contribution in [0.4, 0.5) is 4.39 Å². The lowest BCUT2D eigenvalue weighted by Crippen LogP contribution is -2.39. The van der Waals surface area contributed by atoms with Gasteiger partial charge >= 0.3 is 0 Å². The second-order valence-corrected chi connectivity index (χ2v) is 8.39. The van der Waals surface area contributed by atoms with Crippen molar-refractivity contribution in [1.82, 2.24) is 10.3 Å². The molecule has 0 bridgehead atoms. The summed E-state index contributed by atoms with van der Waals surface area (Å²) in [4.78, 5) is 18.0. The number of halogens is 1. The summed E-state index contributed by atoms with van der Waals surface area (Å²) in [6.45, 7) is 2.40. The molecule has 6 heteroatoms. The monoisotopic (exact) mass is 398 g/mol. The summed E-state index contributed by atoms with van der Waals surface area (Å²) in [5, 5.41) is 5.06. The molecule has 1 aromatic carbocycles. The largest absolute Gasteiger partial charge is 0.440 e. The van der Waals surface area contributed by atoms with Gasteiger partial charge in [0.15, 0.2) is 0 Å². The van der Waals surface area contributed by atoms with Gasteiger partial charge in [0.25, 0.3) is 0 Å². The Morgan fingerprint density at radius 1 is 1.25 bits per heavy atom. The summed E-state index contributed by atoms with van der Waals surface area (Å²) < 4.78 is 19.0. The van der Waals surface area contributed by atoms with E-state index in [0.29, 0.717) is 23.9 Å². The third kappa shape index (κ3) is 3.87. The Morgan fingerprint density at radius 2 is 2.00 bits per heavy atom. The van der Waals surface area contributed by atoms with E-state index >= 15 is 0 Å². The predicted octanol–water partition coefficient (Wildman–Crippen LogP) is 5.02. The van der Waals surface area contributed by atoms with Crippen LogP contribution in [-0.2, 0) is 16.6 Å². The maximum Gasteiger partial charge on any atom is 0.236 e. The maximum atomic E-state index is 13.3. The third-order valence-electron chi connectivity index (χ3n) is 5.59. The summed E-state index contributed by atoms with van der Waals surface area (Å²) in [6, 6.07) is 10.6. The topological polar surface area (TPSA) is 55.1 Å². The molecule has 0 aliphatic heterocycles. The van der Waals surface area contributed by atoms with Crippen LogP contribution in [0.25, 0.3) is 10.8 Å². The van der Waals surface area contributed by atoms with Gasteiger partial charge in [-0.25, -0.2) is 9.37 Å². The van der Waals surface area contributed by atoms with Gasteiger partial charge < -0.3 is 9.73 Å². The zero-order chi connectivity index (χ0) is 19.6. The van der Waals surface area contributed by atoms with Crippen LogP contribution < -0.4 is 5.32 Å². The van der Waals surface area contributed by atoms with E-state index < -0.39 is 0 Å². The van der Waals surface area contributed by atoms with Crippen LogP contribution in [0.3, 0.4) is 0 Å². The SMILES string of the molecule is Cc1oc(-c2cccs2)nc1CC(=O)NCC1(c2ccc(F)cc2)CCCC1. The van der Waals surface area contributed by atoms with Crippen molar-refractivity contribution in [3.05, 3.63) is 64.6 Å². The Balaban J connectivity index is 1.43. The number of aromatic nitrogens is 1. The smallest absolute Gasteiger partial charge is 0.236 e. The first kappa shape index (κ1) is 18.9. The van der Waals surface area contributed by atoms with Crippen LogP contribution in [-0.4, -0.2) is 17.4 Å². The highest BCUT2D eigenvalue weighted by atomic mass is 32.1. The normalized spacial score (nSPS) is 15.6. The Bertz CT molecular complexity index is 942. The van der Waals surface area contributed by atoms with Crippen LogP contribution in [0, 0.1) is 12.7 Å². The number of oxazole rings is 1. The van der Waals surface area contributed by atoms with Gasteiger partial charge in [-0.15, -0.1) is 11.3 Å². The van der Waals surface area contributed by atoms with Gasteiger partial charge in [0.05, 0.1) is 17.0 Å². The van der Waals surface area contributed by atoms with Crippen LogP contribution in [0.15, 0.2) is 46.2 Å². The van der Waals surface area contributed by atoms with Gasteiger partial charge in [-0.05, 0) is 48.9 Å². The minimum atomic E-state index is -0.232. The molecule has 4 rings (SSSR count). The van der Waals surface area contributed by atoms with Gasteiger partial charge in [0, 0.05) is 12.0 Å². The Hall–Kier alpha value is -2.47. The van der Waals surface area contributed by atoms with Crippen molar-refractivity contribution in [1.29, 1.82) is 0 Å². The minimum Gasteiger partial charge on any atom is -0.440 e. The molecule has 0 unspecified atom stereocenters. The molecule has 28 heavy (non-hydrogen) atoms. The fourth-order valence-corrected chi connectivity index (χ4v) is 4.65. The average molecular weight is 399 g/mol. The first-order chi connectivity index (χ1) is 13.6. The molecule has 0 spiro atoms. The molecule has 2 aromatic heterocycles. The lowest BCUT2D eigenvalue weighted by Gasteiger charge is -2.30. The number of rotatable bonds is 6. The van der Waals surface area contributed by atoms with Crippen molar-refractivity contribution < 1.29 is 13.6 Å². The van der Waals surface area contributed by atoms with Gasteiger partial charge in [0.1, 0.15) is 11.6 Å². The predicted molar refractivity (Wildman–Crippen MR) is 108 cm³/mol. The van der Waals surface area contributed by atoms with Gasteiger partial charge in [-0.1, -0.05) is 31.0 Å². The summed E-state index contributed by atoms with van der Waals surface area (Å²) >= 11 is 1.56. The molecule has 1 saturated carbocycles. The lowest BCUT2D eigenvalue weighted by molar-refractivity contribution is -0.120. The summed E-state index contributed by atoms with van der Waals surface area (Å²) in [5.41, 5.74) is 1.66. The number of benzene rings is 1. The van der Waals surface area contributed by atoms with E-state index in [-0.39, 0.29) is 23.6 Å². The first-order valence-corrected chi connectivity index (χ1v) is 10.5. The number of thiophene rings is 1. The van der Waals surface area contributed by atoms with Crippen molar-refractivity contribution in [2.45, 2.75) is 44.4 Å². The van der Waals surface area contributed by atoms with E-state index in [0.717, 1.165) is 36.1 Å². The lowest BCUT2D eigenvalue weighted by atomic mass is 9.79. The zero-order valence-corrected chi connectivity index (χ0v) is 16.7. The number of nitrogens with zero attached hydrogens (tertiary/aromatic N) is 1. The molecule has 0 radical (unpaired) electrons. The molecule has 2 heterocycles. The van der Waals surface area contributed by atoms with E-state index in [4.69, 9.17) is 4.42 Å². The van der Waals surface area contributed by atoms with Crippen molar-refractivity contribution in [2.75, 3.05) is 6.54 Å². The highest BCUT2D eigenvalue weighted by Gasteiger charge is 2.36. The van der Waals surface area contributed by atoms with Crippen LogP contribution in [0.1, 0.15) is 42.7 Å². The van der Waals surface area contributed by atoms with Crippen molar-refractivity contribution >= 4 is 17.2 Å². The molecule has 1 fully saturated rings. The number of hydrogen-bond acceptors (Lipinski definition) is 4. The van der Waals surface area contributed by atoms with Gasteiger partial charge in [-0.2, -0.15) is 0 Å². The second-order valence-electron chi connectivity index (χ2n) is 7.45. The number of aryl methyl sites for hydroxylation is 1. The van der Waals surface area contributed by atoms with Crippen molar-refractivity contribution in [3.63, 3.8) is 0 Å². The number of amides is 1. The molecule has 3 aromatic rings. The van der Waals surface area contributed by atoms with Gasteiger partial charge in [-0.3, -0.25) is 4.79 Å². The molecular weight excluding hydrogens is 375 g/mol. The van der Waals surface area contributed by atoms with Crippen LogP contribution in [0.2, 0.25) is 0 Å². The Morgan fingerprint density at radius 3 is 2.68 bits per heavy atom. The first-order valence-electron chi connectivity index (χ1n) is 9.59. The molecule has 146 valence electrons. The highest BCUT2D eigenvalue weighted by molar-refractivity contribution is 7.13. The fourth-order valence-electron chi connectivity index (χ4n) is 4.00. The molecule has 1 N–H and O–H groups in total. The Labute approximate surface area is 167 Å². The van der Waals surface area contributed by atoms with Gasteiger partial charge in [0.2, 0.25) is 11.8 Å². The Kier molecular flexibility index (Phi) is 5.31. The number of carbonyl (C=O) groups excluding carboxylic acids is 1. The standard InChI is InChI=1S/C22H23FN2O2S/c1-15-18(25-21(27-15)19-5-4-12-28-19)13-20(26)24-14-22(10-2-3-11-22)16-6-8-17(23)9-7-16/h4-9,12H,2-3,10-11,13-14H2,1H3,(H,24,26). The number of carbonyl (C=O) groups is 1. The summed E-state index contributed by atoms with van der Waals surface area (Å²) in [6.07, 6.45) is 4.45. The van der Waals surface area contributed by atoms with E-state index in [1.807, 2.05) is 36.6 Å². The fraction of sp³-hybridized carbons (Fsp3) is 0.364. The molecule has 0 atom stereocenters. The maximum absolute atomic E-state index is 13.3. The number of hydrogen-bond donors (Lipinski definition) is 1. The quantitative estimate of drug-likeness (QED) is 0.634. The third-order valence-corrected chi connectivity index (χ3v) is 6.45. The van der Waals surface area contributed by atoms with Crippen molar-refractivity contribution in [2.24, 2.45) is 0 Å². The molecule has 4 nitrogen and oxygen atoms in total. The molecule has 1 aliphatic carbocycles. The molecule has 1 amide bonds. The van der Waals surface area contributed by atoms with E-state index in [1.165, 1.54) is 12.1 Å². The minimum absolute atomic E-state index is 0.0671. The molecule has 0 saturated heterocycles. The second kappa shape index (κ2) is 7.87. The average Bonchev–Trinajstić information content (AvgIpc) is 3.43. The van der Waals surface area contributed by atoms with E-state index in [9.17, 15) is 9.18 Å². The van der Waals surface area contributed by atoms with Crippen LogP contribution >= 0.6 is 11.3 Å². The van der Waals surface area contributed by atoms with Crippen LogP contribution in [0.5, 0.6) is 0 Å². The molecular formula is C22H23FN2O2S. The number of nitrogens with one attached hydrogen (secondary N) is 1. The zero-order valence-electron chi connectivity index (χ0n) is 15.8. The molecule has 1 aliphatic rings. The van der Waals surface area contributed by atoms with E-state index in [2.05, 4.69) is 10.3 Å².